The number of fused-ring (bicyclic) bond motifs is 1. The maximum atomic E-state index is 12.2. The minimum atomic E-state index is -0.443. The Morgan fingerprint density at radius 3 is 3.09 bits per heavy atom. The van der Waals surface area contributed by atoms with Crippen LogP contribution in [0.3, 0.4) is 0 Å². The van der Waals surface area contributed by atoms with Gasteiger partial charge in [-0.05, 0) is 32.8 Å². The van der Waals surface area contributed by atoms with Crippen LogP contribution in [0.5, 0.6) is 0 Å². The summed E-state index contributed by atoms with van der Waals surface area (Å²) in [5.41, 5.74) is 2.33. The van der Waals surface area contributed by atoms with Crippen molar-refractivity contribution in [2.45, 2.75) is 32.7 Å². The number of likely N-dealkylation sites (N-methyl/N-ethyl adjacent to an activating group) is 1. The van der Waals surface area contributed by atoms with Crippen LogP contribution >= 0.6 is 0 Å². The van der Waals surface area contributed by atoms with E-state index in [0.29, 0.717) is 18.7 Å². The summed E-state index contributed by atoms with van der Waals surface area (Å²) in [4.78, 5) is 30.5. The third-order valence-electron chi connectivity index (χ3n) is 4.06. The lowest BCUT2D eigenvalue weighted by Gasteiger charge is -2.31. The van der Waals surface area contributed by atoms with Gasteiger partial charge in [0, 0.05) is 37.2 Å². The Morgan fingerprint density at radius 2 is 2.30 bits per heavy atom. The molecular weight excluding hydrogens is 294 g/mol. The molecule has 2 aromatic rings. The van der Waals surface area contributed by atoms with Crippen LogP contribution in [-0.4, -0.2) is 45.4 Å². The first-order valence-electron chi connectivity index (χ1n) is 7.88. The zero-order valence-corrected chi connectivity index (χ0v) is 13.4. The second-order valence-electron chi connectivity index (χ2n) is 5.77. The number of amides is 3. The summed E-state index contributed by atoms with van der Waals surface area (Å²) in [6, 6.07) is 2.79. The first-order valence-corrected chi connectivity index (χ1v) is 7.88. The van der Waals surface area contributed by atoms with E-state index in [1.807, 2.05) is 30.6 Å². The zero-order valence-electron chi connectivity index (χ0n) is 13.4. The topological polar surface area (TPSA) is 78.7 Å². The second kappa shape index (κ2) is 6.28. The van der Waals surface area contributed by atoms with E-state index >= 15 is 0 Å². The molecule has 1 saturated heterocycles. The number of nitrogens with one attached hydrogen (secondary N) is 2. The molecule has 7 nitrogen and oxygen atoms in total. The summed E-state index contributed by atoms with van der Waals surface area (Å²) in [6.45, 7) is 5.31. The number of hydrogen-bond acceptors (Lipinski definition) is 3. The third-order valence-corrected chi connectivity index (χ3v) is 4.06. The molecule has 0 saturated carbocycles. The van der Waals surface area contributed by atoms with Crippen LogP contribution in [0.4, 0.5) is 10.5 Å². The Balaban J connectivity index is 1.64. The number of piperidine rings is 1. The van der Waals surface area contributed by atoms with Crippen molar-refractivity contribution >= 4 is 23.3 Å². The molecule has 122 valence electrons. The lowest BCUT2D eigenvalue weighted by molar-refractivity contribution is -0.135. The number of carbonyl (C=O) groups is 2. The summed E-state index contributed by atoms with van der Waals surface area (Å²) >= 11 is 0. The van der Waals surface area contributed by atoms with Crippen molar-refractivity contribution in [3.63, 3.8) is 0 Å². The van der Waals surface area contributed by atoms with E-state index in [1.54, 1.807) is 17.0 Å². The molecule has 0 aliphatic carbocycles. The van der Waals surface area contributed by atoms with Gasteiger partial charge in [0.2, 0.25) is 5.91 Å². The highest BCUT2D eigenvalue weighted by atomic mass is 16.2. The number of anilines is 1. The lowest BCUT2D eigenvalue weighted by atomic mass is 10.1. The van der Waals surface area contributed by atoms with Crippen LogP contribution in [0.2, 0.25) is 0 Å². The van der Waals surface area contributed by atoms with Crippen LogP contribution in [-0.2, 0) is 4.79 Å². The van der Waals surface area contributed by atoms with Gasteiger partial charge in [0.15, 0.2) is 0 Å². The molecule has 2 N–H and O–H groups in total. The van der Waals surface area contributed by atoms with Gasteiger partial charge in [-0.2, -0.15) is 0 Å². The molecular formula is C16H21N5O2. The quantitative estimate of drug-likeness (QED) is 0.906. The molecule has 3 rings (SSSR count). The third kappa shape index (κ3) is 3.28. The number of likely N-dealkylation sites (tertiary alicyclic amines) is 1. The number of carbonyl (C=O) groups excluding carboxylic acids is 2. The molecule has 1 aliphatic rings. The Kier molecular flexibility index (Phi) is 4.18. The molecule has 0 radical (unpaired) electrons. The fourth-order valence-corrected chi connectivity index (χ4v) is 2.90. The molecule has 2 aromatic heterocycles. The summed E-state index contributed by atoms with van der Waals surface area (Å²) in [5.74, 6) is -0.00627. The van der Waals surface area contributed by atoms with E-state index in [4.69, 9.17) is 0 Å². The SMILES string of the molecule is CCN1CCCC(NC(=O)Nc2ccn3cc(C)nc3c2)C1=O. The predicted molar refractivity (Wildman–Crippen MR) is 87.4 cm³/mol. The van der Waals surface area contributed by atoms with E-state index in [2.05, 4.69) is 15.6 Å². The Labute approximate surface area is 134 Å². The van der Waals surface area contributed by atoms with Gasteiger partial charge in [-0.1, -0.05) is 0 Å². The van der Waals surface area contributed by atoms with Gasteiger partial charge in [0.1, 0.15) is 11.7 Å². The summed E-state index contributed by atoms with van der Waals surface area (Å²) < 4.78 is 1.89. The Morgan fingerprint density at radius 1 is 1.48 bits per heavy atom. The van der Waals surface area contributed by atoms with E-state index in [0.717, 1.165) is 24.3 Å². The second-order valence-corrected chi connectivity index (χ2v) is 5.77. The van der Waals surface area contributed by atoms with Crippen molar-refractivity contribution in [3.8, 4) is 0 Å². The van der Waals surface area contributed by atoms with Crippen LogP contribution < -0.4 is 10.6 Å². The fourth-order valence-electron chi connectivity index (χ4n) is 2.90. The average molecular weight is 315 g/mol. The van der Waals surface area contributed by atoms with Crippen molar-refractivity contribution in [1.29, 1.82) is 0 Å². The van der Waals surface area contributed by atoms with Gasteiger partial charge >= 0.3 is 6.03 Å². The molecule has 3 amide bonds. The zero-order chi connectivity index (χ0) is 16.4. The Bertz CT molecular complexity index is 739. The highest BCUT2D eigenvalue weighted by Gasteiger charge is 2.28. The number of urea groups is 1. The minimum Gasteiger partial charge on any atom is -0.341 e. The highest BCUT2D eigenvalue weighted by Crippen LogP contribution is 2.14. The average Bonchev–Trinajstić information content (AvgIpc) is 2.88. The molecule has 1 atom stereocenters. The van der Waals surface area contributed by atoms with Crippen molar-refractivity contribution in [2.24, 2.45) is 0 Å². The van der Waals surface area contributed by atoms with Crippen LogP contribution in [0, 0.1) is 6.92 Å². The van der Waals surface area contributed by atoms with Gasteiger partial charge in [0.25, 0.3) is 0 Å². The van der Waals surface area contributed by atoms with E-state index < -0.39 is 6.04 Å². The smallest absolute Gasteiger partial charge is 0.319 e. The summed E-state index contributed by atoms with van der Waals surface area (Å²) in [6.07, 6.45) is 5.35. The Hall–Kier alpha value is -2.57. The van der Waals surface area contributed by atoms with Gasteiger partial charge in [-0.15, -0.1) is 0 Å². The number of nitrogens with zero attached hydrogens (tertiary/aromatic N) is 3. The predicted octanol–water partition coefficient (Wildman–Crippen LogP) is 1.78. The van der Waals surface area contributed by atoms with E-state index in [-0.39, 0.29) is 11.9 Å². The van der Waals surface area contributed by atoms with Crippen LogP contribution in [0.25, 0.3) is 5.65 Å². The standard InChI is InChI=1S/C16H21N5O2/c1-3-20-7-4-5-13(15(20)22)19-16(23)18-12-6-8-21-10-11(2)17-14(21)9-12/h6,8-10,13H,3-5,7H2,1-2H3,(H2,18,19,23). The van der Waals surface area contributed by atoms with Crippen molar-refractivity contribution in [2.75, 3.05) is 18.4 Å². The van der Waals surface area contributed by atoms with Gasteiger partial charge in [-0.3, -0.25) is 4.79 Å². The van der Waals surface area contributed by atoms with Crippen molar-refractivity contribution < 1.29 is 9.59 Å². The first-order chi connectivity index (χ1) is 11.1. The number of aryl methyl sites for hydroxylation is 1. The number of aromatic nitrogens is 2. The van der Waals surface area contributed by atoms with Crippen LogP contribution in [0.1, 0.15) is 25.5 Å². The highest BCUT2D eigenvalue weighted by molar-refractivity contribution is 5.94. The van der Waals surface area contributed by atoms with Crippen molar-refractivity contribution in [1.82, 2.24) is 19.6 Å². The maximum absolute atomic E-state index is 12.2. The molecule has 23 heavy (non-hydrogen) atoms. The number of pyridine rings is 1. The molecule has 1 unspecified atom stereocenters. The van der Waals surface area contributed by atoms with Crippen molar-refractivity contribution in [3.05, 3.63) is 30.2 Å². The first kappa shape index (κ1) is 15.3. The molecule has 0 bridgehead atoms. The monoisotopic (exact) mass is 315 g/mol. The van der Waals surface area contributed by atoms with Gasteiger partial charge < -0.3 is 19.9 Å². The molecule has 1 aliphatic heterocycles. The molecule has 0 aromatic carbocycles. The number of imidazole rings is 1. The number of rotatable bonds is 3. The molecule has 7 heteroatoms. The molecule has 0 spiro atoms. The largest absolute Gasteiger partial charge is 0.341 e. The summed E-state index contributed by atoms with van der Waals surface area (Å²) in [5, 5.41) is 5.54. The van der Waals surface area contributed by atoms with Crippen LogP contribution in [0.15, 0.2) is 24.5 Å². The normalized spacial score (nSPS) is 18.3. The summed E-state index contributed by atoms with van der Waals surface area (Å²) in [7, 11) is 0. The fraction of sp³-hybridized carbons (Fsp3) is 0.438. The van der Waals surface area contributed by atoms with E-state index in [1.165, 1.54) is 0 Å². The van der Waals surface area contributed by atoms with Gasteiger partial charge in [-0.25, -0.2) is 9.78 Å². The van der Waals surface area contributed by atoms with E-state index in [9.17, 15) is 9.59 Å². The minimum absolute atomic E-state index is 0.00627. The molecule has 3 heterocycles. The maximum Gasteiger partial charge on any atom is 0.319 e. The number of hydrogen-bond donors (Lipinski definition) is 2. The molecule has 1 fully saturated rings. The van der Waals surface area contributed by atoms with Gasteiger partial charge in [0.05, 0.1) is 5.69 Å². The lowest BCUT2D eigenvalue weighted by Crippen LogP contribution is -2.52.